The largest absolute Gasteiger partial charge is 0.465 e. The first kappa shape index (κ1) is 34.4. The number of likely N-dealkylation sites (tertiary alicyclic amines) is 1. The Morgan fingerprint density at radius 1 is 1.06 bits per heavy atom. The monoisotopic (exact) mass is 689 g/mol. The van der Waals surface area contributed by atoms with E-state index < -0.39 is 27.8 Å². The van der Waals surface area contributed by atoms with Crippen LogP contribution in [0.3, 0.4) is 0 Å². The number of hydroxylamine groups is 1. The Kier molecular flexibility index (Phi) is 9.44. The van der Waals surface area contributed by atoms with E-state index in [-0.39, 0.29) is 35.2 Å². The number of esters is 1. The maximum absolute atomic E-state index is 13.8. The fourth-order valence-corrected chi connectivity index (χ4v) is 7.76. The Bertz CT molecular complexity index is 1910. The Hall–Kier alpha value is -4.46. The molecule has 0 bridgehead atoms. The van der Waals surface area contributed by atoms with Crippen molar-refractivity contribution in [1.82, 2.24) is 10.4 Å². The summed E-state index contributed by atoms with van der Waals surface area (Å²) in [6.45, 7) is 11.2. The highest BCUT2D eigenvalue weighted by Crippen LogP contribution is 2.41. The molecule has 13 heteroatoms. The quantitative estimate of drug-likeness (QED) is 0.270. The van der Waals surface area contributed by atoms with Crippen LogP contribution in [-0.2, 0) is 42.2 Å². The van der Waals surface area contributed by atoms with Gasteiger partial charge in [0.15, 0.2) is 0 Å². The van der Waals surface area contributed by atoms with Crippen molar-refractivity contribution >= 4 is 39.2 Å². The van der Waals surface area contributed by atoms with Gasteiger partial charge in [-0.1, -0.05) is 63.2 Å². The molecule has 0 aliphatic carbocycles. The molecule has 1 unspecified atom stereocenters. The number of benzene rings is 3. The van der Waals surface area contributed by atoms with E-state index in [0.717, 1.165) is 23.2 Å². The van der Waals surface area contributed by atoms with E-state index >= 15 is 0 Å². The highest BCUT2D eigenvalue weighted by Gasteiger charge is 2.39. The SMILES string of the molecule is CCO[C@H]1Nc2cccc(C(=O)OC)c2N1Cc1ccc(-c2ccccc2S(=O)(=O)N=C2ON[C@@H](C)C2C)c(CN2CCC(C)(C)C2=O)c1. The van der Waals surface area contributed by atoms with Crippen LogP contribution < -0.4 is 15.7 Å². The number of hydrogen-bond donors (Lipinski definition) is 2. The molecule has 3 heterocycles. The van der Waals surface area contributed by atoms with E-state index in [2.05, 4.69) is 15.2 Å². The van der Waals surface area contributed by atoms with Crippen molar-refractivity contribution in [3.8, 4) is 11.1 Å². The molecule has 0 radical (unpaired) electrons. The summed E-state index contributed by atoms with van der Waals surface area (Å²) in [6, 6.07) is 17.9. The van der Waals surface area contributed by atoms with Gasteiger partial charge in [-0.25, -0.2) is 4.79 Å². The van der Waals surface area contributed by atoms with Gasteiger partial charge in [0, 0.05) is 37.2 Å². The number of ether oxygens (including phenoxy) is 2. The normalized spacial score (nSPS) is 22.3. The molecule has 3 aromatic rings. The molecule has 2 fully saturated rings. The van der Waals surface area contributed by atoms with Gasteiger partial charge in [0.25, 0.3) is 10.0 Å². The van der Waals surface area contributed by atoms with Crippen LogP contribution in [0.5, 0.6) is 0 Å². The van der Waals surface area contributed by atoms with Crippen molar-refractivity contribution < 1.29 is 32.3 Å². The average molecular weight is 690 g/mol. The lowest BCUT2D eigenvalue weighted by Gasteiger charge is -2.28. The van der Waals surface area contributed by atoms with Crippen LogP contribution in [0.2, 0.25) is 0 Å². The first-order valence-electron chi connectivity index (χ1n) is 16.5. The van der Waals surface area contributed by atoms with Crippen molar-refractivity contribution in [2.24, 2.45) is 15.7 Å². The Morgan fingerprint density at radius 2 is 1.84 bits per heavy atom. The summed E-state index contributed by atoms with van der Waals surface area (Å²) >= 11 is 0. The summed E-state index contributed by atoms with van der Waals surface area (Å²) in [7, 11) is -2.83. The number of nitrogens with one attached hydrogen (secondary N) is 2. The second kappa shape index (κ2) is 13.4. The van der Waals surface area contributed by atoms with Gasteiger partial charge >= 0.3 is 5.97 Å². The van der Waals surface area contributed by atoms with Crippen molar-refractivity contribution in [3.05, 3.63) is 77.4 Å². The van der Waals surface area contributed by atoms with Gasteiger partial charge in [-0.2, -0.15) is 13.9 Å². The summed E-state index contributed by atoms with van der Waals surface area (Å²) in [5.74, 6) is -0.540. The minimum absolute atomic E-state index is 0.0386. The summed E-state index contributed by atoms with van der Waals surface area (Å²) in [5, 5.41) is 3.36. The molecule has 3 aromatic carbocycles. The molecule has 6 rings (SSSR count). The van der Waals surface area contributed by atoms with Gasteiger partial charge in [-0.05, 0) is 55.2 Å². The summed E-state index contributed by atoms with van der Waals surface area (Å²) in [6.07, 6.45) is 0.175. The van der Waals surface area contributed by atoms with E-state index in [0.29, 0.717) is 42.1 Å². The molecule has 3 atom stereocenters. The summed E-state index contributed by atoms with van der Waals surface area (Å²) < 4.78 is 42.9. The number of para-hydroxylation sites is 1. The fourth-order valence-electron chi connectivity index (χ4n) is 6.51. The molecule has 0 aromatic heterocycles. The van der Waals surface area contributed by atoms with E-state index in [1.807, 2.05) is 68.7 Å². The molecule has 49 heavy (non-hydrogen) atoms. The third kappa shape index (κ3) is 6.62. The molecule has 3 aliphatic rings. The average Bonchev–Trinajstić information content (AvgIpc) is 3.68. The van der Waals surface area contributed by atoms with Gasteiger partial charge in [-0.3, -0.25) is 4.79 Å². The third-order valence-electron chi connectivity index (χ3n) is 9.53. The maximum atomic E-state index is 13.8. The van der Waals surface area contributed by atoms with Crippen molar-refractivity contribution in [1.29, 1.82) is 0 Å². The number of sulfonamides is 1. The Morgan fingerprint density at radius 3 is 2.51 bits per heavy atom. The summed E-state index contributed by atoms with van der Waals surface area (Å²) in [4.78, 5) is 35.5. The number of rotatable bonds is 10. The van der Waals surface area contributed by atoms with Crippen LogP contribution in [0.15, 0.2) is 70.0 Å². The molecule has 2 N–H and O–H groups in total. The van der Waals surface area contributed by atoms with Crippen LogP contribution in [-0.4, -0.2) is 63.7 Å². The molecule has 3 aliphatic heterocycles. The van der Waals surface area contributed by atoms with E-state index in [1.54, 1.807) is 36.4 Å². The van der Waals surface area contributed by atoms with Crippen LogP contribution in [0.25, 0.3) is 11.1 Å². The molecule has 1 amide bonds. The molecule has 0 saturated carbocycles. The zero-order chi connectivity index (χ0) is 35.1. The number of methoxy groups -OCH3 is 1. The second-order valence-electron chi connectivity index (χ2n) is 13.3. The van der Waals surface area contributed by atoms with Gasteiger partial charge in [0.05, 0.1) is 40.9 Å². The molecular formula is C36H43N5O7S. The fraction of sp³-hybridized carbons (Fsp3) is 0.417. The predicted molar refractivity (Wildman–Crippen MR) is 186 cm³/mol. The van der Waals surface area contributed by atoms with Gasteiger partial charge in [0.2, 0.25) is 18.2 Å². The van der Waals surface area contributed by atoms with Crippen LogP contribution in [0.4, 0.5) is 11.4 Å². The van der Waals surface area contributed by atoms with Gasteiger partial charge in [0.1, 0.15) is 0 Å². The van der Waals surface area contributed by atoms with Gasteiger partial charge < -0.3 is 29.4 Å². The highest BCUT2D eigenvalue weighted by atomic mass is 32.2. The zero-order valence-corrected chi connectivity index (χ0v) is 29.5. The molecule has 2 saturated heterocycles. The van der Waals surface area contributed by atoms with Crippen molar-refractivity contribution in [3.63, 3.8) is 0 Å². The summed E-state index contributed by atoms with van der Waals surface area (Å²) in [5.41, 5.74) is 6.91. The lowest BCUT2D eigenvalue weighted by Crippen LogP contribution is -2.38. The third-order valence-corrected chi connectivity index (χ3v) is 10.9. The number of nitrogens with zero attached hydrogens (tertiary/aromatic N) is 3. The Balaban J connectivity index is 1.43. The van der Waals surface area contributed by atoms with E-state index in [9.17, 15) is 18.0 Å². The number of carbonyl (C=O) groups excluding carboxylic acids is 2. The molecular weight excluding hydrogens is 646 g/mol. The van der Waals surface area contributed by atoms with Crippen molar-refractivity contribution in [2.45, 2.75) is 71.4 Å². The molecule has 0 spiro atoms. The van der Waals surface area contributed by atoms with E-state index in [1.165, 1.54) is 7.11 Å². The van der Waals surface area contributed by atoms with Crippen molar-refractivity contribution in [2.75, 3.05) is 30.5 Å². The smallest absolute Gasteiger partial charge is 0.340 e. The predicted octanol–water partition coefficient (Wildman–Crippen LogP) is 5.30. The first-order chi connectivity index (χ1) is 23.3. The topological polar surface area (TPSA) is 139 Å². The van der Waals surface area contributed by atoms with Crippen LogP contribution in [0, 0.1) is 11.3 Å². The number of anilines is 2. The lowest BCUT2D eigenvalue weighted by atomic mass is 9.92. The lowest BCUT2D eigenvalue weighted by molar-refractivity contribution is -0.135. The zero-order valence-electron chi connectivity index (χ0n) is 28.6. The van der Waals surface area contributed by atoms with Crippen LogP contribution >= 0.6 is 0 Å². The van der Waals surface area contributed by atoms with Crippen LogP contribution in [0.1, 0.15) is 62.5 Å². The minimum atomic E-state index is -4.18. The standard InChI is InChI=1S/C36H43N5O7S/c1-7-47-35-37-29-13-10-12-28(33(42)46-6)31(29)41(35)20-24-15-16-26(25(19-24)21-40-18-17-36(4,5)34(40)43)27-11-8-9-14-30(27)49(44,45)39-32-22(2)23(3)38-48-32/h8-16,19,22-23,35,37-38H,7,17-18,20-21H2,1-6H3/t22?,23-,35-/m0/s1. The van der Waals surface area contributed by atoms with E-state index in [4.69, 9.17) is 14.3 Å². The number of carbonyl (C=O) groups is 2. The molecule has 260 valence electrons. The minimum Gasteiger partial charge on any atom is -0.465 e. The number of amides is 1. The first-order valence-corrected chi connectivity index (χ1v) is 17.9. The van der Waals surface area contributed by atoms with Gasteiger partial charge in [-0.15, -0.1) is 4.40 Å². The Labute approximate surface area is 287 Å². The molecule has 12 nitrogen and oxygen atoms in total. The highest BCUT2D eigenvalue weighted by molar-refractivity contribution is 7.90. The maximum Gasteiger partial charge on any atom is 0.340 e. The second-order valence-corrected chi connectivity index (χ2v) is 14.9. The number of hydrogen-bond acceptors (Lipinski definition) is 10. The number of fused-ring (bicyclic) bond motifs is 1.